The van der Waals surface area contributed by atoms with E-state index in [0.717, 1.165) is 23.5 Å². The van der Waals surface area contributed by atoms with Crippen LogP contribution in [-0.4, -0.2) is 39.2 Å². The quantitative estimate of drug-likeness (QED) is 0.822. The number of imidazole rings is 1. The molecule has 0 aliphatic carbocycles. The summed E-state index contributed by atoms with van der Waals surface area (Å²) in [7, 11) is 1.81. The number of nitrogens with zero attached hydrogens (tertiary/aromatic N) is 3. The average molecular weight is 410 g/mol. The largest absolute Gasteiger partial charge is 0.573 e. The van der Waals surface area contributed by atoms with Crippen LogP contribution in [0.5, 0.6) is 5.75 Å². The molecule has 1 aliphatic heterocycles. The molecule has 0 saturated carbocycles. The van der Waals surface area contributed by atoms with E-state index in [0.29, 0.717) is 31.8 Å². The van der Waals surface area contributed by atoms with Gasteiger partial charge in [-0.15, -0.1) is 13.2 Å². The molecule has 1 aromatic heterocycles. The summed E-state index contributed by atoms with van der Waals surface area (Å²) in [6.45, 7) is 2.73. The monoisotopic (exact) mass is 410 g/mol. The summed E-state index contributed by atoms with van der Waals surface area (Å²) in [4.78, 5) is 30.4. The molecule has 0 bridgehead atoms. The fraction of sp³-hybridized carbons (Fsp3) is 0.421. The molecule has 1 aromatic carbocycles. The summed E-state index contributed by atoms with van der Waals surface area (Å²) in [5.74, 6) is -0.212. The number of amides is 2. The number of fused-ring (bicyclic) bond motifs is 1. The van der Waals surface area contributed by atoms with Gasteiger partial charge in [-0.3, -0.25) is 9.59 Å². The van der Waals surface area contributed by atoms with E-state index in [2.05, 4.69) is 15.0 Å². The highest BCUT2D eigenvalue weighted by molar-refractivity contribution is 5.94. The van der Waals surface area contributed by atoms with Gasteiger partial charge in [0.25, 0.3) is 5.91 Å². The summed E-state index contributed by atoms with van der Waals surface area (Å²) >= 11 is 0. The van der Waals surface area contributed by atoms with Crippen LogP contribution in [0.1, 0.15) is 40.9 Å². The molecule has 2 amide bonds. The van der Waals surface area contributed by atoms with Crippen molar-refractivity contribution in [3.63, 3.8) is 0 Å². The van der Waals surface area contributed by atoms with Crippen molar-refractivity contribution in [1.82, 2.24) is 19.8 Å². The predicted octanol–water partition coefficient (Wildman–Crippen LogP) is 2.54. The first-order valence-corrected chi connectivity index (χ1v) is 9.13. The number of halogens is 3. The first-order chi connectivity index (χ1) is 13.7. The van der Waals surface area contributed by atoms with Crippen molar-refractivity contribution in [2.24, 2.45) is 7.05 Å². The van der Waals surface area contributed by atoms with Gasteiger partial charge in [0.15, 0.2) is 0 Å². The molecule has 29 heavy (non-hydrogen) atoms. The SMILES string of the molecule is CCC(=O)NCc1nc2c(n1C)CN(C(=O)c1cccc(OC(F)(F)F)c1)CC2. The number of carbonyl (C=O) groups excluding carboxylic acids is 2. The van der Waals surface area contributed by atoms with Crippen molar-refractivity contribution in [1.29, 1.82) is 0 Å². The Hall–Kier alpha value is -3.04. The van der Waals surface area contributed by atoms with Gasteiger partial charge in [-0.2, -0.15) is 0 Å². The third-order valence-corrected chi connectivity index (χ3v) is 4.71. The van der Waals surface area contributed by atoms with Crippen molar-refractivity contribution in [3.05, 3.63) is 47.0 Å². The number of rotatable bonds is 5. The Bertz CT molecular complexity index is 924. The van der Waals surface area contributed by atoms with E-state index in [4.69, 9.17) is 0 Å². The second-order valence-electron chi connectivity index (χ2n) is 6.66. The lowest BCUT2D eigenvalue weighted by atomic mass is 10.1. The number of hydrogen-bond acceptors (Lipinski definition) is 4. The number of alkyl halides is 3. The van der Waals surface area contributed by atoms with Crippen LogP contribution in [0, 0.1) is 0 Å². The molecule has 0 saturated heterocycles. The van der Waals surface area contributed by atoms with E-state index in [1.54, 1.807) is 11.8 Å². The minimum Gasteiger partial charge on any atom is -0.406 e. The Morgan fingerprint density at radius 1 is 1.31 bits per heavy atom. The molecule has 0 spiro atoms. The van der Waals surface area contributed by atoms with Crippen molar-refractivity contribution in [2.75, 3.05) is 6.54 Å². The highest BCUT2D eigenvalue weighted by Gasteiger charge is 2.32. The summed E-state index contributed by atoms with van der Waals surface area (Å²) in [6, 6.07) is 5.04. The Balaban J connectivity index is 1.74. The number of aromatic nitrogens is 2. The molecule has 1 aliphatic rings. The Labute approximate surface area is 165 Å². The lowest BCUT2D eigenvalue weighted by Crippen LogP contribution is -2.36. The van der Waals surface area contributed by atoms with Gasteiger partial charge >= 0.3 is 6.36 Å². The normalized spacial score (nSPS) is 13.8. The van der Waals surface area contributed by atoms with Crippen molar-refractivity contribution in [2.45, 2.75) is 39.2 Å². The Kier molecular flexibility index (Phi) is 5.81. The van der Waals surface area contributed by atoms with Gasteiger partial charge in [0, 0.05) is 32.0 Å². The third kappa shape index (κ3) is 4.87. The molecule has 0 fully saturated rings. The van der Waals surface area contributed by atoms with Gasteiger partial charge in [-0.1, -0.05) is 13.0 Å². The van der Waals surface area contributed by atoms with Gasteiger partial charge in [-0.25, -0.2) is 4.98 Å². The predicted molar refractivity (Wildman–Crippen MR) is 96.9 cm³/mol. The maximum atomic E-state index is 12.8. The first-order valence-electron chi connectivity index (χ1n) is 9.13. The van der Waals surface area contributed by atoms with Gasteiger partial charge in [0.1, 0.15) is 11.6 Å². The Morgan fingerprint density at radius 3 is 2.76 bits per heavy atom. The zero-order valence-corrected chi connectivity index (χ0v) is 16.0. The number of carbonyl (C=O) groups is 2. The van der Waals surface area contributed by atoms with E-state index in [1.807, 2.05) is 11.6 Å². The molecule has 0 atom stereocenters. The third-order valence-electron chi connectivity index (χ3n) is 4.71. The minimum atomic E-state index is -4.82. The molecule has 2 heterocycles. The van der Waals surface area contributed by atoms with Crippen LogP contribution in [0.2, 0.25) is 0 Å². The highest BCUT2D eigenvalue weighted by Crippen LogP contribution is 2.25. The number of benzene rings is 1. The maximum Gasteiger partial charge on any atom is 0.573 e. The smallest absolute Gasteiger partial charge is 0.406 e. The summed E-state index contributed by atoms with van der Waals surface area (Å²) in [5.41, 5.74) is 1.81. The van der Waals surface area contributed by atoms with E-state index in [-0.39, 0.29) is 23.9 Å². The molecule has 3 rings (SSSR count). The van der Waals surface area contributed by atoms with Crippen LogP contribution in [-0.2, 0) is 31.4 Å². The molecule has 7 nitrogen and oxygen atoms in total. The number of nitrogens with one attached hydrogen (secondary N) is 1. The zero-order valence-electron chi connectivity index (χ0n) is 16.0. The second-order valence-corrected chi connectivity index (χ2v) is 6.66. The fourth-order valence-electron chi connectivity index (χ4n) is 3.19. The van der Waals surface area contributed by atoms with E-state index in [1.165, 1.54) is 12.1 Å². The van der Waals surface area contributed by atoms with Crippen LogP contribution >= 0.6 is 0 Å². The van der Waals surface area contributed by atoms with Crippen molar-refractivity contribution in [3.8, 4) is 5.75 Å². The standard InChI is InChI=1S/C19H21F3N4O3/c1-3-17(27)23-10-16-24-14-7-8-26(11-15(14)25(16)2)18(28)12-5-4-6-13(9-12)29-19(20,21)22/h4-6,9H,3,7-8,10-11H2,1-2H3,(H,23,27). The molecule has 0 unspecified atom stereocenters. The second kappa shape index (κ2) is 8.14. The van der Waals surface area contributed by atoms with Crippen molar-refractivity contribution >= 4 is 11.8 Å². The van der Waals surface area contributed by atoms with Crippen LogP contribution in [0.15, 0.2) is 24.3 Å². The Morgan fingerprint density at radius 2 is 2.07 bits per heavy atom. The lowest BCUT2D eigenvalue weighted by molar-refractivity contribution is -0.274. The molecule has 10 heteroatoms. The highest BCUT2D eigenvalue weighted by atomic mass is 19.4. The molecule has 1 N–H and O–H groups in total. The van der Waals surface area contributed by atoms with Gasteiger partial charge in [0.2, 0.25) is 5.91 Å². The van der Waals surface area contributed by atoms with Gasteiger partial charge < -0.3 is 19.5 Å². The van der Waals surface area contributed by atoms with Crippen LogP contribution < -0.4 is 10.1 Å². The van der Waals surface area contributed by atoms with E-state index >= 15 is 0 Å². The van der Waals surface area contributed by atoms with Gasteiger partial charge in [0.05, 0.1) is 24.5 Å². The molecular weight excluding hydrogens is 389 g/mol. The van der Waals surface area contributed by atoms with Crippen LogP contribution in [0.25, 0.3) is 0 Å². The lowest BCUT2D eigenvalue weighted by Gasteiger charge is -2.27. The number of hydrogen-bond donors (Lipinski definition) is 1. The summed E-state index contributed by atoms with van der Waals surface area (Å²) in [6.07, 6.45) is -3.92. The van der Waals surface area contributed by atoms with E-state index in [9.17, 15) is 22.8 Å². The summed E-state index contributed by atoms with van der Waals surface area (Å²) < 4.78 is 43.0. The van der Waals surface area contributed by atoms with Gasteiger partial charge in [-0.05, 0) is 18.2 Å². The molecule has 0 radical (unpaired) electrons. The topological polar surface area (TPSA) is 76.5 Å². The zero-order chi connectivity index (χ0) is 21.2. The van der Waals surface area contributed by atoms with Crippen LogP contribution in [0.3, 0.4) is 0 Å². The summed E-state index contributed by atoms with van der Waals surface area (Å²) in [5, 5.41) is 2.77. The molecule has 156 valence electrons. The average Bonchev–Trinajstić information content (AvgIpc) is 2.99. The maximum absolute atomic E-state index is 12.8. The molecular formula is C19H21F3N4O3. The van der Waals surface area contributed by atoms with Crippen LogP contribution in [0.4, 0.5) is 13.2 Å². The number of ether oxygens (including phenoxy) is 1. The minimum absolute atomic E-state index is 0.0799. The fourth-order valence-corrected chi connectivity index (χ4v) is 3.19. The van der Waals surface area contributed by atoms with E-state index < -0.39 is 12.1 Å². The molecule has 2 aromatic rings. The van der Waals surface area contributed by atoms with Crippen molar-refractivity contribution < 1.29 is 27.5 Å². The first kappa shape index (κ1) is 20.7.